The summed E-state index contributed by atoms with van der Waals surface area (Å²) in [5.74, 6) is 1.02. The highest BCUT2D eigenvalue weighted by Crippen LogP contribution is 2.23. The molecule has 1 saturated carbocycles. The number of rotatable bonds is 8. The van der Waals surface area contributed by atoms with Crippen LogP contribution in [0.5, 0.6) is 5.75 Å². The standard InChI is InChI=1S/C18H29NO/c1-2-3-4-8-15-19-16-11-13-18(14-12-16)20-17-9-6-5-7-10-17/h5-7,9-10,16,18-19H,2-4,8,11-15H2,1H3/t16-,18-. The summed E-state index contributed by atoms with van der Waals surface area (Å²) in [4.78, 5) is 0. The second-order valence-electron chi connectivity index (χ2n) is 5.92. The maximum Gasteiger partial charge on any atom is 0.119 e. The van der Waals surface area contributed by atoms with E-state index < -0.39 is 0 Å². The van der Waals surface area contributed by atoms with Gasteiger partial charge < -0.3 is 10.1 Å². The first kappa shape index (κ1) is 15.4. The smallest absolute Gasteiger partial charge is 0.119 e. The summed E-state index contributed by atoms with van der Waals surface area (Å²) in [5.41, 5.74) is 0. The van der Waals surface area contributed by atoms with Crippen LogP contribution in [-0.2, 0) is 0 Å². The zero-order valence-electron chi connectivity index (χ0n) is 12.8. The molecule has 0 unspecified atom stereocenters. The third-order valence-corrected chi connectivity index (χ3v) is 4.18. The van der Waals surface area contributed by atoms with Crippen molar-refractivity contribution in [3.8, 4) is 5.75 Å². The van der Waals surface area contributed by atoms with E-state index in [1.165, 1.54) is 57.9 Å². The molecule has 1 aliphatic rings. The molecular formula is C18H29NO. The molecule has 2 nitrogen and oxygen atoms in total. The fraction of sp³-hybridized carbons (Fsp3) is 0.667. The van der Waals surface area contributed by atoms with E-state index in [1.807, 2.05) is 18.2 Å². The van der Waals surface area contributed by atoms with Crippen molar-refractivity contribution in [3.63, 3.8) is 0 Å². The lowest BCUT2D eigenvalue weighted by Crippen LogP contribution is -2.36. The van der Waals surface area contributed by atoms with Crippen LogP contribution in [0.1, 0.15) is 58.3 Å². The molecule has 0 spiro atoms. The van der Waals surface area contributed by atoms with Crippen LogP contribution in [0.4, 0.5) is 0 Å². The van der Waals surface area contributed by atoms with E-state index in [9.17, 15) is 0 Å². The number of hydrogen-bond acceptors (Lipinski definition) is 2. The predicted octanol–water partition coefficient (Wildman–Crippen LogP) is 4.55. The molecule has 1 aromatic carbocycles. The normalized spacial score (nSPS) is 22.6. The predicted molar refractivity (Wildman–Crippen MR) is 85.3 cm³/mol. The van der Waals surface area contributed by atoms with Crippen LogP contribution >= 0.6 is 0 Å². The second-order valence-corrected chi connectivity index (χ2v) is 5.92. The number of hydrogen-bond donors (Lipinski definition) is 1. The zero-order valence-corrected chi connectivity index (χ0v) is 12.8. The summed E-state index contributed by atoms with van der Waals surface area (Å²) >= 11 is 0. The van der Waals surface area contributed by atoms with Crippen LogP contribution in [-0.4, -0.2) is 18.7 Å². The highest BCUT2D eigenvalue weighted by atomic mass is 16.5. The van der Waals surface area contributed by atoms with E-state index in [4.69, 9.17) is 4.74 Å². The van der Waals surface area contributed by atoms with Gasteiger partial charge in [0.2, 0.25) is 0 Å². The van der Waals surface area contributed by atoms with Crippen molar-refractivity contribution in [1.29, 1.82) is 0 Å². The van der Waals surface area contributed by atoms with Gasteiger partial charge in [-0.05, 0) is 50.8 Å². The fourth-order valence-electron chi connectivity index (χ4n) is 2.93. The van der Waals surface area contributed by atoms with E-state index in [0.717, 1.165) is 5.75 Å². The van der Waals surface area contributed by atoms with Crippen LogP contribution in [0, 0.1) is 0 Å². The van der Waals surface area contributed by atoms with Crippen LogP contribution in [0.25, 0.3) is 0 Å². The van der Waals surface area contributed by atoms with Gasteiger partial charge in [-0.1, -0.05) is 44.4 Å². The van der Waals surface area contributed by atoms with E-state index in [2.05, 4.69) is 24.4 Å². The molecule has 0 bridgehead atoms. The van der Waals surface area contributed by atoms with Crippen molar-refractivity contribution in [2.45, 2.75) is 70.4 Å². The third-order valence-electron chi connectivity index (χ3n) is 4.18. The molecule has 0 heterocycles. The Bertz CT molecular complexity index is 344. The minimum atomic E-state index is 0.413. The molecule has 0 saturated heterocycles. The number of unbranched alkanes of at least 4 members (excludes halogenated alkanes) is 3. The van der Waals surface area contributed by atoms with E-state index in [1.54, 1.807) is 0 Å². The van der Waals surface area contributed by atoms with Crippen LogP contribution in [0.2, 0.25) is 0 Å². The maximum absolute atomic E-state index is 6.03. The quantitative estimate of drug-likeness (QED) is 0.703. The average molecular weight is 275 g/mol. The second kappa shape index (κ2) is 9.02. The number of nitrogens with one attached hydrogen (secondary N) is 1. The molecule has 0 radical (unpaired) electrons. The van der Waals surface area contributed by atoms with Gasteiger partial charge in [-0.3, -0.25) is 0 Å². The van der Waals surface area contributed by atoms with Crippen molar-refractivity contribution in [1.82, 2.24) is 5.32 Å². The van der Waals surface area contributed by atoms with Crippen molar-refractivity contribution < 1.29 is 4.74 Å². The molecule has 0 amide bonds. The zero-order chi connectivity index (χ0) is 14.0. The summed E-state index contributed by atoms with van der Waals surface area (Å²) in [5, 5.41) is 3.71. The summed E-state index contributed by atoms with van der Waals surface area (Å²) in [6.45, 7) is 3.45. The summed E-state index contributed by atoms with van der Waals surface area (Å²) < 4.78 is 6.03. The molecule has 0 atom stereocenters. The summed E-state index contributed by atoms with van der Waals surface area (Å²) in [6, 6.07) is 10.9. The molecule has 1 N–H and O–H groups in total. The summed E-state index contributed by atoms with van der Waals surface area (Å²) in [6.07, 6.45) is 10.7. The average Bonchev–Trinajstić information content (AvgIpc) is 2.50. The van der Waals surface area contributed by atoms with Crippen LogP contribution < -0.4 is 10.1 Å². The molecular weight excluding hydrogens is 246 g/mol. The molecule has 2 rings (SSSR count). The van der Waals surface area contributed by atoms with E-state index in [0.29, 0.717) is 12.1 Å². The van der Waals surface area contributed by atoms with Crippen LogP contribution in [0.15, 0.2) is 30.3 Å². The maximum atomic E-state index is 6.03. The van der Waals surface area contributed by atoms with Gasteiger partial charge in [-0.2, -0.15) is 0 Å². The number of para-hydroxylation sites is 1. The third kappa shape index (κ3) is 5.54. The Balaban J connectivity index is 1.58. The van der Waals surface area contributed by atoms with Crippen molar-refractivity contribution in [2.75, 3.05) is 6.54 Å². The highest BCUT2D eigenvalue weighted by molar-refractivity contribution is 5.21. The lowest BCUT2D eigenvalue weighted by molar-refractivity contribution is 0.139. The van der Waals surface area contributed by atoms with Gasteiger partial charge >= 0.3 is 0 Å². The first-order chi connectivity index (χ1) is 9.88. The lowest BCUT2D eigenvalue weighted by atomic mass is 9.93. The SMILES string of the molecule is CCCCCCN[C@H]1CC[C@H](Oc2ccccc2)CC1. The van der Waals surface area contributed by atoms with Crippen molar-refractivity contribution in [2.24, 2.45) is 0 Å². The van der Waals surface area contributed by atoms with Gasteiger partial charge in [-0.25, -0.2) is 0 Å². The van der Waals surface area contributed by atoms with Crippen LogP contribution in [0.3, 0.4) is 0 Å². The Hall–Kier alpha value is -1.02. The Labute approximate surface area is 123 Å². The molecule has 0 aromatic heterocycles. The Morgan fingerprint density at radius 2 is 1.75 bits per heavy atom. The molecule has 0 aliphatic heterocycles. The van der Waals surface area contributed by atoms with E-state index in [-0.39, 0.29) is 0 Å². The summed E-state index contributed by atoms with van der Waals surface area (Å²) in [7, 11) is 0. The van der Waals surface area contributed by atoms with Gasteiger partial charge in [0.25, 0.3) is 0 Å². The molecule has 1 fully saturated rings. The minimum Gasteiger partial charge on any atom is -0.490 e. The molecule has 1 aliphatic carbocycles. The minimum absolute atomic E-state index is 0.413. The number of ether oxygens (including phenoxy) is 1. The first-order valence-corrected chi connectivity index (χ1v) is 8.33. The largest absolute Gasteiger partial charge is 0.490 e. The molecule has 20 heavy (non-hydrogen) atoms. The molecule has 1 aromatic rings. The van der Waals surface area contributed by atoms with Gasteiger partial charge in [0.05, 0.1) is 6.10 Å². The van der Waals surface area contributed by atoms with Gasteiger partial charge in [-0.15, -0.1) is 0 Å². The fourth-order valence-corrected chi connectivity index (χ4v) is 2.93. The van der Waals surface area contributed by atoms with Crippen molar-refractivity contribution in [3.05, 3.63) is 30.3 Å². The van der Waals surface area contributed by atoms with Gasteiger partial charge in [0.1, 0.15) is 5.75 Å². The number of benzene rings is 1. The Kier molecular flexibility index (Phi) is 6.93. The van der Waals surface area contributed by atoms with Gasteiger partial charge in [0.15, 0.2) is 0 Å². The topological polar surface area (TPSA) is 21.3 Å². The molecule has 2 heteroatoms. The van der Waals surface area contributed by atoms with Crippen molar-refractivity contribution >= 4 is 0 Å². The first-order valence-electron chi connectivity index (χ1n) is 8.33. The van der Waals surface area contributed by atoms with E-state index >= 15 is 0 Å². The van der Waals surface area contributed by atoms with Gasteiger partial charge in [0, 0.05) is 6.04 Å². The monoisotopic (exact) mass is 275 g/mol. The highest BCUT2D eigenvalue weighted by Gasteiger charge is 2.21. The lowest BCUT2D eigenvalue weighted by Gasteiger charge is -2.29. The Morgan fingerprint density at radius 1 is 1.00 bits per heavy atom. The molecule has 112 valence electrons. The Morgan fingerprint density at radius 3 is 2.45 bits per heavy atom.